The van der Waals surface area contributed by atoms with Crippen molar-refractivity contribution >= 4 is 27.6 Å². The van der Waals surface area contributed by atoms with Crippen molar-refractivity contribution in [3.05, 3.63) is 28.7 Å². The SMILES string of the molecule is CCC1CCCC2(CC1)CN=C(N)N2c1ccc(Br)cc1. The van der Waals surface area contributed by atoms with E-state index >= 15 is 0 Å². The van der Waals surface area contributed by atoms with Crippen LogP contribution in [0.15, 0.2) is 33.7 Å². The third-order valence-corrected chi connectivity index (χ3v) is 5.70. The Bertz CT molecular complexity index is 525. The molecule has 21 heavy (non-hydrogen) atoms. The molecule has 1 spiro atoms. The van der Waals surface area contributed by atoms with Gasteiger partial charge in [0.25, 0.3) is 0 Å². The van der Waals surface area contributed by atoms with Gasteiger partial charge >= 0.3 is 0 Å². The molecule has 3 rings (SSSR count). The standard InChI is InChI=1S/C17H24BrN3/c1-2-13-4-3-10-17(11-9-13)12-20-16(19)21(17)15-7-5-14(18)6-8-15/h5-8,13H,2-4,9-12H2,1H3,(H2,19,20). The quantitative estimate of drug-likeness (QED) is 0.863. The summed E-state index contributed by atoms with van der Waals surface area (Å²) in [6.07, 6.45) is 7.63. The van der Waals surface area contributed by atoms with E-state index in [0.29, 0.717) is 5.96 Å². The topological polar surface area (TPSA) is 41.6 Å². The number of benzene rings is 1. The van der Waals surface area contributed by atoms with E-state index in [1.54, 1.807) is 0 Å². The Hall–Kier alpha value is -1.03. The molecule has 0 saturated heterocycles. The molecule has 0 amide bonds. The highest BCUT2D eigenvalue weighted by atomic mass is 79.9. The first-order valence-electron chi connectivity index (χ1n) is 8.00. The summed E-state index contributed by atoms with van der Waals surface area (Å²) in [5, 5.41) is 0. The molecule has 1 aromatic rings. The van der Waals surface area contributed by atoms with Gasteiger partial charge in [-0.15, -0.1) is 0 Å². The number of hydrogen-bond donors (Lipinski definition) is 1. The number of aliphatic imine (C=N–C) groups is 1. The van der Waals surface area contributed by atoms with Crippen molar-refractivity contribution in [3.63, 3.8) is 0 Å². The predicted octanol–water partition coefficient (Wildman–Crippen LogP) is 4.31. The van der Waals surface area contributed by atoms with Gasteiger partial charge in [-0.3, -0.25) is 4.99 Å². The molecule has 1 fully saturated rings. The van der Waals surface area contributed by atoms with Crippen LogP contribution in [0.3, 0.4) is 0 Å². The smallest absolute Gasteiger partial charge is 0.196 e. The van der Waals surface area contributed by atoms with Crippen LogP contribution >= 0.6 is 15.9 Å². The molecule has 1 saturated carbocycles. The fraction of sp³-hybridized carbons (Fsp3) is 0.588. The van der Waals surface area contributed by atoms with Crippen LogP contribution in [0.25, 0.3) is 0 Å². The molecule has 4 heteroatoms. The largest absolute Gasteiger partial charge is 0.369 e. The normalized spacial score (nSPS) is 29.5. The van der Waals surface area contributed by atoms with E-state index in [4.69, 9.17) is 5.73 Å². The number of rotatable bonds is 2. The molecule has 2 aliphatic rings. The van der Waals surface area contributed by atoms with E-state index in [2.05, 4.69) is 57.0 Å². The van der Waals surface area contributed by atoms with Gasteiger partial charge in [0.1, 0.15) is 0 Å². The fourth-order valence-electron chi connectivity index (χ4n) is 3.86. The third-order valence-electron chi connectivity index (χ3n) is 5.17. The molecule has 114 valence electrons. The first-order chi connectivity index (χ1) is 10.1. The van der Waals surface area contributed by atoms with Crippen LogP contribution in [-0.2, 0) is 0 Å². The fourth-order valence-corrected chi connectivity index (χ4v) is 4.13. The number of nitrogens with zero attached hydrogens (tertiary/aromatic N) is 2. The summed E-state index contributed by atoms with van der Waals surface area (Å²) in [7, 11) is 0. The van der Waals surface area contributed by atoms with Crippen LogP contribution in [0.5, 0.6) is 0 Å². The summed E-state index contributed by atoms with van der Waals surface area (Å²) in [6, 6.07) is 8.45. The second kappa shape index (κ2) is 5.99. The monoisotopic (exact) mass is 349 g/mol. The highest BCUT2D eigenvalue weighted by Gasteiger charge is 2.43. The van der Waals surface area contributed by atoms with E-state index in [9.17, 15) is 0 Å². The van der Waals surface area contributed by atoms with Crippen LogP contribution in [0.1, 0.15) is 45.4 Å². The number of hydrogen-bond acceptors (Lipinski definition) is 3. The summed E-state index contributed by atoms with van der Waals surface area (Å²) in [6.45, 7) is 3.17. The van der Waals surface area contributed by atoms with E-state index in [1.807, 2.05) is 0 Å². The van der Waals surface area contributed by atoms with Gasteiger partial charge < -0.3 is 10.6 Å². The van der Waals surface area contributed by atoms with Crippen LogP contribution in [-0.4, -0.2) is 18.0 Å². The summed E-state index contributed by atoms with van der Waals surface area (Å²) < 4.78 is 1.10. The molecule has 3 nitrogen and oxygen atoms in total. The Morgan fingerprint density at radius 1 is 1.29 bits per heavy atom. The van der Waals surface area contributed by atoms with Gasteiger partial charge in [-0.2, -0.15) is 0 Å². The molecule has 1 aliphatic heterocycles. The molecule has 0 radical (unpaired) electrons. The third kappa shape index (κ3) is 2.83. The lowest BCUT2D eigenvalue weighted by Crippen LogP contribution is -2.51. The lowest BCUT2D eigenvalue weighted by Gasteiger charge is -2.39. The average Bonchev–Trinajstić information content (AvgIpc) is 2.69. The van der Waals surface area contributed by atoms with Gasteiger partial charge in [0.05, 0.1) is 12.1 Å². The van der Waals surface area contributed by atoms with E-state index in [-0.39, 0.29) is 5.54 Å². The Kier molecular flexibility index (Phi) is 4.25. The van der Waals surface area contributed by atoms with Gasteiger partial charge in [-0.25, -0.2) is 0 Å². The van der Waals surface area contributed by atoms with Gasteiger partial charge in [0.15, 0.2) is 5.96 Å². The second-order valence-electron chi connectivity index (χ2n) is 6.42. The second-order valence-corrected chi connectivity index (χ2v) is 7.33. The van der Waals surface area contributed by atoms with Gasteiger partial charge in [-0.1, -0.05) is 42.1 Å². The zero-order chi connectivity index (χ0) is 14.9. The maximum atomic E-state index is 6.24. The van der Waals surface area contributed by atoms with Crippen LogP contribution < -0.4 is 10.6 Å². The minimum Gasteiger partial charge on any atom is -0.369 e. The Morgan fingerprint density at radius 3 is 2.76 bits per heavy atom. The van der Waals surface area contributed by atoms with Crippen molar-refractivity contribution in [1.82, 2.24) is 0 Å². The van der Waals surface area contributed by atoms with Crippen molar-refractivity contribution in [2.24, 2.45) is 16.6 Å². The number of anilines is 1. The summed E-state index contributed by atoms with van der Waals surface area (Å²) >= 11 is 3.51. The van der Waals surface area contributed by atoms with Crippen molar-refractivity contribution in [2.75, 3.05) is 11.4 Å². The van der Waals surface area contributed by atoms with E-state index in [0.717, 1.165) is 16.9 Å². The van der Waals surface area contributed by atoms with Crippen molar-refractivity contribution in [1.29, 1.82) is 0 Å². The molecule has 1 heterocycles. The van der Waals surface area contributed by atoms with Gasteiger partial charge in [0, 0.05) is 10.2 Å². The lowest BCUT2D eigenvalue weighted by molar-refractivity contribution is 0.384. The van der Waals surface area contributed by atoms with E-state index in [1.165, 1.54) is 44.2 Å². The molecule has 2 unspecified atom stereocenters. The maximum Gasteiger partial charge on any atom is 0.196 e. The minimum absolute atomic E-state index is 0.113. The van der Waals surface area contributed by atoms with Crippen LogP contribution in [0.2, 0.25) is 0 Å². The number of halogens is 1. The zero-order valence-electron chi connectivity index (χ0n) is 12.7. The number of nitrogens with two attached hydrogens (primary N) is 1. The molecular weight excluding hydrogens is 326 g/mol. The highest BCUT2D eigenvalue weighted by Crippen LogP contribution is 2.41. The molecule has 2 atom stereocenters. The Morgan fingerprint density at radius 2 is 2.05 bits per heavy atom. The summed E-state index contributed by atoms with van der Waals surface area (Å²) in [5.74, 6) is 1.56. The summed E-state index contributed by atoms with van der Waals surface area (Å²) in [5.41, 5.74) is 7.52. The van der Waals surface area contributed by atoms with E-state index < -0.39 is 0 Å². The Labute approximate surface area is 135 Å². The zero-order valence-corrected chi connectivity index (χ0v) is 14.3. The average molecular weight is 350 g/mol. The minimum atomic E-state index is 0.113. The van der Waals surface area contributed by atoms with Crippen LogP contribution in [0, 0.1) is 5.92 Å². The molecule has 1 aromatic carbocycles. The van der Waals surface area contributed by atoms with Gasteiger partial charge in [-0.05, 0) is 49.4 Å². The molecule has 0 bridgehead atoms. The first-order valence-corrected chi connectivity index (χ1v) is 8.80. The molecule has 2 N–H and O–H groups in total. The molecular formula is C17H24BrN3. The Balaban J connectivity index is 1.89. The van der Waals surface area contributed by atoms with Crippen molar-refractivity contribution in [3.8, 4) is 0 Å². The molecule has 0 aromatic heterocycles. The van der Waals surface area contributed by atoms with Crippen molar-refractivity contribution in [2.45, 2.75) is 51.0 Å². The summed E-state index contributed by atoms with van der Waals surface area (Å²) in [4.78, 5) is 6.90. The first kappa shape index (κ1) is 14.9. The predicted molar refractivity (Wildman–Crippen MR) is 92.7 cm³/mol. The highest BCUT2D eigenvalue weighted by molar-refractivity contribution is 9.10. The molecule has 1 aliphatic carbocycles. The van der Waals surface area contributed by atoms with Crippen molar-refractivity contribution < 1.29 is 0 Å². The van der Waals surface area contributed by atoms with Gasteiger partial charge in [0.2, 0.25) is 0 Å². The van der Waals surface area contributed by atoms with Crippen LogP contribution in [0.4, 0.5) is 5.69 Å². The lowest BCUT2D eigenvalue weighted by atomic mass is 9.88. The maximum absolute atomic E-state index is 6.24. The number of guanidine groups is 1.